The van der Waals surface area contributed by atoms with Crippen molar-refractivity contribution < 1.29 is 13.9 Å². The van der Waals surface area contributed by atoms with Gasteiger partial charge in [-0.2, -0.15) is 5.10 Å². The third-order valence-corrected chi connectivity index (χ3v) is 4.96. The number of hydrogen-bond donors (Lipinski definition) is 0. The fourth-order valence-electron chi connectivity index (χ4n) is 3.66. The van der Waals surface area contributed by atoms with E-state index in [2.05, 4.69) is 18.9 Å². The van der Waals surface area contributed by atoms with Gasteiger partial charge in [-0.1, -0.05) is 0 Å². The zero-order valence-corrected chi connectivity index (χ0v) is 15.1. The molecule has 2 heterocycles. The minimum atomic E-state index is -0.358. The SMILES string of the molecule is COc1ccc(F)cc1-c1cc(C(=O)N2C(C)CCCC2C)nn1C. The third-order valence-electron chi connectivity index (χ3n) is 4.96. The van der Waals surface area contributed by atoms with Gasteiger partial charge in [0.15, 0.2) is 5.69 Å². The molecule has 2 aromatic rings. The topological polar surface area (TPSA) is 47.4 Å². The fourth-order valence-corrected chi connectivity index (χ4v) is 3.66. The van der Waals surface area contributed by atoms with Gasteiger partial charge in [-0.25, -0.2) is 4.39 Å². The Morgan fingerprint density at radius 2 is 1.92 bits per heavy atom. The standard InChI is InChI=1S/C19H24FN3O2/c1-12-6-5-7-13(2)23(12)19(24)16-11-17(22(3)21-16)15-10-14(20)8-9-18(15)25-4/h8-13H,5-7H2,1-4H3. The summed E-state index contributed by atoms with van der Waals surface area (Å²) in [5.41, 5.74) is 1.61. The van der Waals surface area contributed by atoms with Crippen molar-refractivity contribution in [3.05, 3.63) is 35.8 Å². The second-order valence-electron chi connectivity index (χ2n) is 6.72. The summed E-state index contributed by atoms with van der Waals surface area (Å²) in [6.45, 7) is 4.15. The Kier molecular flexibility index (Phi) is 4.79. The van der Waals surface area contributed by atoms with Gasteiger partial charge in [-0.3, -0.25) is 9.48 Å². The van der Waals surface area contributed by atoms with Gasteiger partial charge >= 0.3 is 0 Å². The molecule has 0 radical (unpaired) electrons. The fraction of sp³-hybridized carbons (Fsp3) is 0.474. The molecule has 1 fully saturated rings. The molecule has 2 unspecified atom stereocenters. The molecule has 0 aliphatic carbocycles. The van der Waals surface area contributed by atoms with Crippen molar-refractivity contribution in [2.45, 2.75) is 45.2 Å². The second-order valence-corrected chi connectivity index (χ2v) is 6.72. The van der Waals surface area contributed by atoms with E-state index in [9.17, 15) is 9.18 Å². The largest absolute Gasteiger partial charge is 0.496 e. The predicted molar refractivity (Wildman–Crippen MR) is 94.1 cm³/mol. The van der Waals surface area contributed by atoms with Crippen molar-refractivity contribution in [1.29, 1.82) is 0 Å². The second kappa shape index (κ2) is 6.86. The summed E-state index contributed by atoms with van der Waals surface area (Å²) in [5.74, 6) is 0.114. The molecule has 25 heavy (non-hydrogen) atoms. The van der Waals surface area contributed by atoms with Gasteiger partial charge < -0.3 is 9.64 Å². The van der Waals surface area contributed by atoms with Crippen LogP contribution in [0.4, 0.5) is 4.39 Å². The Balaban J connectivity index is 1.98. The quantitative estimate of drug-likeness (QED) is 0.853. The molecule has 0 N–H and O–H groups in total. The van der Waals surface area contributed by atoms with Crippen molar-refractivity contribution in [2.75, 3.05) is 7.11 Å². The van der Waals surface area contributed by atoms with E-state index >= 15 is 0 Å². The van der Waals surface area contributed by atoms with Crippen LogP contribution in [0, 0.1) is 5.82 Å². The van der Waals surface area contributed by atoms with E-state index in [1.165, 1.54) is 19.2 Å². The number of methoxy groups -OCH3 is 1. The molecular weight excluding hydrogens is 321 g/mol. The molecule has 0 bridgehead atoms. The lowest BCUT2D eigenvalue weighted by Gasteiger charge is -2.38. The van der Waals surface area contributed by atoms with E-state index in [1.807, 2.05) is 4.90 Å². The van der Waals surface area contributed by atoms with Gasteiger partial charge in [-0.15, -0.1) is 0 Å². The number of nitrogens with zero attached hydrogens (tertiary/aromatic N) is 3. The maximum absolute atomic E-state index is 13.7. The number of carbonyl (C=O) groups excluding carboxylic acids is 1. The smallest absolute Gasteiger partial charge is 0.274 e. The molecule has 1 amide bonds. The van der Waals surface area contributed by atoms with Crippen LogP contribution in [0.1, 0.15) is 43.6 Å². The highest BCUT2D eigenvalue weighted by Crippen LogP contribution is 2.32. The van der Waals surface area contributed by atoms with Crippen LogP contribution in [0.3, 0.4) is 0 Å². The lowest BCUT2D eigenvalue weighted by atomic mass is 9.97. The van der Waals surface area contributed by atoms with Crippen LogP contribution in [0.2, 0.25) is 0 Å². The minimum absolute atomic E-state index is 0.0723. The Hall–Kier alpha value is -2.37. The molecule has 1 aromatic heterocycles. The molecule has 3 rings (SSSR count). The summed E-state index contributed by atoms with van der Waals surface area (Å²) in [4.78, 5) is 14.9. The molecule has 0 spiro atoms. The monoisotopic (exact) mass is 345 g/mol. The minimum Gasteiger partial charge on any atom is -0.496 e. The van der Waals surface area contributed by atoms with E-state index in [0.29, 0.717) is 22.7 Å². The number of aryl methyl sites for hydroxylation is 1. The van der Waals surface area contributed by atoms with Crippen LogP contribution in [-0.2, 0) is 7.05 Å². The zero-order valence-electron chi connectivity index (χ0n) is 15.1. The third kappa shape index (κ3) is 3.25. The molecule has 2 atom stereocenters. The Labute approximate surface area is 147 Å². The highest BCUT2D eigenvalue weighted by molar-refractivity contribution is 5.94. The first kappa shape index (κ1) is 17.5. The van der Waals surface area contributed by atoms with Crippen molar-refractivity contribution >= 4 is 5.91 Å². The van der Waals surface area contributed by atoms with Crippen molar-refractivity contribution in [2.24, 2.45) is 7.05 Å². The zero-order chi connectivity index (χ0) is 18.1. The van der Waals surface area contributed by atoms with Gasteiger partial charge in [0.1, 0.15) is 11.6 Å². The summed E-state index contributed by atoms with van der Waals surface area (Å²) in [5, 5.41) is 4.38. The Bertz CT molecular complexity index is 777. The number of ether oxygens (including phenoxy) is 1. The highest BCUT2D eigenvalue weighted by atomic mass is 19.1. The molecule has 1 saturated heterocycles. The first-order chi connectivity index (χ1) is 11.9. The average molecular weight is 345 g/mol. The molecule has 6 heteroatoms. The molecule has 1 aromatic carbocycles. The van der Waals surface area contributed by atoms with E-state index < -0.39 is 0 Å². The Morgan fingerprint density at radius 1 is 1.24 bits per heavy atom. The van der Waals surface area contributed by atoms with Gasteiger partial charge in [-0.05, 0) is 57.4 Å². The van der Waals surface area contributed by atoms with Crippen molar-refractivity contribution in [3.8, 4) is 17.0 Å². The Morgan fingerprint density at radius 3 is 2.56 bits per heavy atom. The van der Waals surface area contributed by atoms with Crippen LogP contribution in [0.15, 0.2) is 24.3 Å². The van der Waals surface area contributed by atoms with E-state index in [1.54, 1.807) is 23.9 Å². The predicted octanol–water partition coefficient (Wildman–Crippen LogP) is 3.64. The number of hydrogen-bond acceptors (Lipinski definition) is 3. The summed E-state index contributed by atoms with van der Waals surface area (Å²) in [7, 11) is 3.29. The van der Waals surface area contributed by atoms with Gasteiger partial charge in [0.05, 0.1) is 12.8 Å². The molecular formula is C19H24FN3O2. The van der Waals surface area contributed by atoms with E-state index in [4.69, 9.17) is 4.74 Å². The normalized spacial score (nSPS) is 20.6. The highest BCUT2D eigenvalue weighted by Gasteiger charge is 2.31. The maximum Gasteiger partial charge on any atom is 0.274 e. The van der Waals surface area contributed by atoms with Crippen LogP contribution in [0.25, 0.3) is 11.3 Å². The van der Waals surface area contributed by atoms with Gasteiger partial charge in [0, 0.05) is 24.7 Å². The number of rotatable bonds is 3. The number of halogens is 1. The lowest BCUT2D eigenvalue weighted by molar-refractivity contribution is 0.0504. The first-order valence-corrected chi connectivity index (χ1v) is 8.63. The van der Waals surface area contributed by atoms with E-state index in [0.717, 1.165) is 19.3 Å². The number of benzene rings is 1. The number of carbonyl (C=O) groups is 1. The molecule has 1 aliphatic heterocycles. The van der Waals surface area contributed by atoms with Crippen LogP contribution in [0.5, 0.6) is 5.75 Å². The van der Waals surface area contributed by atoms with Crippen LogP contribution < -0.4 is 4.74 Å². The maximum atomic E-state index is 13.7. The van der Waals surface area contributed by atoms with Gasteiger partial charge in [0.2, 0.25) is 0 Å². The lowest BCUT2D eigenvalue weighted by Crippen LogP contribution is -2.47. The van der Waals surface area contributed by atoms with Crippen molar-refractivity contribution in [1.82, 2.24) is 14.7 Å². The summed E-state index contributed by atoms with van der Waals surface area (Å²) in [6, 6.07) is 6.44. The molecule has 134 valence electrons. The van der Waals surface area contributed by atoms with Crippen LogP contribution in [-0.4, -0.2) is 39.8 Å². The number of likely N-dealkylation sites (tertiary alicyclic amines) is 1. The molecule has 0 saturated carbocycles. The summed E-state index contributed by atoms with van der Waals surface area (Å²) in [6.07, 6.45) is 3.15. The summed E-state index contributed by atoms with van der Waals surface area (Å²) < 4.78 is 20.6. The van der Waals surface area contributed by atoms with Crippen LogP contribution >= 0.6 is 0 Å². The van der Waals surface area contributed by atoms with Gasteiger partial charge in [0.25, 0.3) is 5.91 Å². The van der Waals surface area contributed by atoms with Crippen molar-refractivity contribution in [3.63, 3.8) is 0 Å². The average Bonchev–Trinajstić information content (AvgIpc) is 2.96. The summed E-state index contributed by atoms with van der Waals surface area (Å²) >= 11 is 0. The first-order valence-electron chi connectivity index (χ1n) is 8.63. The number of aromatic nitrogens is 2. The molecule has 5 nitrogen and oxygen atoms in total. The number of piperidine rings is 1. The number of amides is 1. The molecule has 1 aliphatic rings. The van der Waals surface area contributed by atoms with E-state index in [-0.39, 0.29) is 23.8 Å².